The summed E-state index contributed by atoms with van der Waals surface area (Å²) in [6.45, 7) is 3.69. The highest BCUT2D eigenvalue weighted by Crippen LogP contribution is 2.27. The van der Waals surface area contributed by atoms with E-state index < -0.39 is 0 Å². The molecule has 0 bridgehead atoms. The van der Waals surface area contributed by atoms with Crippen LogP contribution in [0.25, 0.3) is 11.1 Å². The Kier molecular flexibility index (Phi) is 2.69. The zero-order valence-corrected chi connectivity index (χ0v) is 9.60. The number of ketones is 1. The molecule has 2 rings (SSSR count). The van der Waals surface area contributed by atoms with Gasteiger partial charge in [-0.25, -0.2) is 0 Å². The number of hydrogen-bond donors (Lipinski definition) is 0. The predicted octanol–water partition coefficient (Wildman–Crippen LogP) is 3.93. The lowest BCUT2D eigenvalue weighted by molar-refractivity contribution is 0.101. The second-order valence-corrected chi connectivity index (χ2v) is 4.65. The fourth-order valence-electron chi connectivity index (χ4n) is 1.59. The summed E-state index contributed by atoms with van der Waals surface area (Å²) in [6, 6.07) is 9.88. The van der Waals surface area contributed by atoms with Crippen molar-refractivity contribution < 1.29 is 4.79 Å². The third-order valence-electron chi connectivity index (χ3n) is 2.44. The summed E-state index contributed by atoms with van der Waals surface area (Å²) in [5.41, 5.74) is 3.13. The first-order valence-corrected chi connectivity index (χ1v) is 5.72. The van der Waals surface area contributed by atoms with Crippen LogP contribution in [-0.2, 0) is 0 Å². The highest BCUT2D eigenvalue weighted by atomic mass is 32.1. The number of Topliss-reactive ketones (excluding diaryl/α,β-unsaturated/α-hetero) is 1. The summed E-state index contributed by atoms with van der Waals surface area (Å²) in [5.74, 6) is 0.115. The highest BCUT2D eigenvalue weighted by Gasteiger charge is 2.05. The van der Waals surface area contributed by atoms with E-state index in [1.54, 1.807) is 18.3 Å². The van der Waals surface area contributed by atoms with Gasteiger partial charge in [0.05, 0.1) is 0 Å². The number of thiophene rings is 1. The van der Waals surface area contributed by atoms with Crippen LogP contribution in [0.4, 0.5) is 0 Å². The Bertz CT molecular complexity index is 497. The van der Waals surface area contributed by atoms with Crippen LogP contribution in [0.5, 0.6) is 0 Å². The van der Waals surface area contributed by atoms with E-state index in [4.69, 9.17) is 0 Å². The van der Waals surface area contributed by atoms with E-state index in [1.165, 1.54) is 10.4 Å². The van der Waals surface area contributed by atoms with E-state index in [1.807, 2.05) is 24.3 Å². The molecule has 0 atom stereocenters. The molecule has 0 aliphatic rings. The average molecular weight is 216 g/mol. The zero-order valence-electron chi connectivity index (χ0n) is 8.78. The third kappa shape index (κ3) is 2.00. The minimum absolute atomic E-state index is 0.115. The Balaban J connectivity index is 2.50. The molecular weight excluding hydrogens is 204 g/mol. The third-order valence-corrected chi connectivity index (χ3v) is 3.28. The molecule has 0 aliphatic heterocycles. The molecule has 0 N–H and O–H groups in total. The first kappa shape index (κ1) is 10.1. The first-order chi connectivity index (χ1) is 7.18. The van der Waals surface area contributed by atoms with E-state index in [0.717, 1.165) is 11.1 Å². The van der Waals surface area contributed by atoms with Crippen LogP contribution in [0.15, 0.2) is 35.7 Å². The first-order valence-electron chi connectivity index (χ1n) is 4.84. The molecule has 76 valence electrons. The summed E-state index contributed by atoms with van der Waals surface area (Å²) in [5, 5.41) is 2.07. The average Bonchev–Trinajstić information content (AvgIpc) is 2.64. The second-order valence-electron chi connectivity index (χ2n) is 3.53. The van der Waals surface area contributed by atoms with Crippen LogP contribution in [0.1, 0.15) is 22.2 Å². The van der Waals surface area contributed by atoms with Gasteiger partial charge >= 0.3 is 0 Å². The Morgan fingerprint density at radius 3 is 2.67 bits per heavy atom. The summed E-state index contributed by atoms with van der Waals surface area (Å²) >= 11 is 1.73. The van der Waals surface area contributed by atoms with Crippen LogP contribution >= 0.6 is 11.3 Å². The Hall–Kier alpha value is -1.41. The molecule has 0 saturated heterocycles. The molecule has 1 aromatic heterocycles. The molecule has 2 aromatic rings. The SMILES string of the molecule is CC(=O)c1cccc(-c2ccsc2C)c1. The second kappa shape index (κ2) is 3.99. The van der Waals surface area contributed by atoms with Gasteiger partial charge in [-0.2, -0.15) is 0 Å². The zero-order chi connectivity index (χ0) is 10.8. The van der Waals surface area contributed by atoms with Crippen molar-refractivity contribution in [2.45, 2.75) is 13.8 Å². The van der Waals surface area contributed by atoms with Gasteiger partial charge < -0.3 is 0 Å². The van der Waals surface area contributed by atoms with E-state index in [2.05, 4.69) is 18.4 Å². The van der Waals surface area contributed by atoms with Gasteiger partial charge in [-0.15, -0.1) is 11.3 Å². The molecule has 0 amide bonds. The number of carbonyl (C=O) groups excluding carboxylic acids is 1. The Labute approximate surface area is 93.4 Å². The molecule has 0 spiro atoms. The number of benzene rings is 1. The summed E-state index contributed by atoms with van der Waals surface area (Å²) in [6.07, 6.45) is 0. The fourth-order valence-corrected chi connectivity index (χ4v) is 2.31. The quantitative estimate of drug-likeness (QED) is 0.695. The highest BCUT2D eigenvalue weighted by molar-refractivity contribution is 7.10. The lowest BCUT2D eigenvalue weighted by Gasteiger charge is -2.02. The molecule has 15 heavy (non-hydrogen) atoms. The maximum absolute atomic E-state index is 11.3. The van der Waals surface area contributed by atoms with Crippen molar-refractivity contribution in [2.75, 3.05) is 0 Å². The largest absolute Gasteiger partial charge is 0.295 e. The van der Waals surface area contributed by atoms with Crippen molar-refractivity contribution in [3.63, 3.8) is 0 Å². The van der Waals surface area contributed by atoms with Gasteiger partial charge in [0, 0.05) is 10.4 Å². The molecule has 2 heteroatoms. The fraction of sp³-hybridized carbons (Fsp3) is 0.154. The molecular formula is C13H12OS. The van der Waals surface area contributed by atoms with E-state index >= 15 is 0 Å². The van der Waals surface area contributed by atoms with Crippen molar-refractivity contribution in [1.29, 1.82) is 0 Å². The van der Waals surface area contributed by atoms with Gasteiger partial charge in [-0.1, -0.05) is 18.2 Å². The monoisotopic (exact) mass is 216 g/mol. The maximum atomic E-state index is 11.3. The summed E-state index contributed by atoms with van der Waals surface area (Å²) in [4.78, 5) is 12.5. The molecule has 1 heterocycles. The lowest BCUT2D eigenvalue weighted by atomic mass is 10.0. The molecule has 0 saturated carbocycles. The van der Waals surface area contributed by atoms with Gasteiger partial charge in [0.15, 0.2) is 5.78 Å². The lowest BCUT2D eigenvalue weighted by Crippen LogP contribution is -1.91. The number of rotatable bonds is 2. The van der Waals surface area contributed by atoms with Crippen molar-refractivity contribution in [1.82, 2.24) is 0 Å². The van der Waals surface area contributed by atoms with Crippen LogP contribution in [0, 0.1) is 6.92 Å². The van der Waals surface area contributed by atoms with Crippen LogP contribution in [-0.4, -0.2) is 5.78 Å². The normalized spacial score (nSPS) is 10.3. The van der Waals surface area contributed by atoms with Crippen molar-refractivity contribution >= 4 is 17.1 Å². The number of hydrogen-bond acceptors (Lipinski definition) is 2. The van der Waals surface area contributed by atoms with E-state index in [-0.39, 0.29) is 5.78 Å². The minimum Gasteiger partial charge on any atom is -0.295 e. The molecule has 0 aliphatic carbocycles. The van der Waals surface area contributed by atoms with Crippen LogP contribution in [0.3, 0.4) is 0 Å². The summed E-state index contributed by atoms with van der Waals surface area (Å²) < 4.78 is 0. The van der Waals surface area contributed by atoms with Crippen molar-refractivity contribution in [2.24, 2.45) is 0 Å². The predicted molar refractivity (Wildman–Crippen MR) is 64.5 cm³/mol. The van der Waals surface area contributed by atoms with Gasteiger partial charge in [0.2, 0.25) is 0 Å². The minimum atomic E-state index is 0.115. The van der Waals surface area contributed by atoms with Crippen LogP contribution < -0.4 is 0 Å². The number of carbonyl (C=O) groups is 1. The van der Waals surface area contributed by atoms with Crippen molar-refractivity contribution in [3.8, 4) is 11.1 Å². The Morgan fingerprint density at radius 1 is 1.27 bits per heavy atom. The van der Waals surface area contributed by atoms with Gasteiger partial charge in [0.25, 0.3) is 0 Å². The van der Waals surface area contributed by atoms with Crippen molar-refractivity contribution in [3.05, 3.63) is 46.2 Å². The molecule has 1 nitrogen and oxygen atoms in total. The Morgan fingerprint density at radius 2 is 2.07 bits per heavy atom. The van der Waals surface area contributed by atoms with E-state index in [0.29, 0.717) is 0 Å². The number of aryl methyl sites for hydroxylation is 1. The van der Waals surface area contributed by atoms with E-state index in [9.17, 15) is 4.79 Å². The van der Waals surface area contributed by atoms with Gasteiger partial charge in [-0.3, -0.25) is 4.79 Å². The topological polar surface area (TPSA) is 17.1 Å². The molecule has 0 unspecified atom stereocenters. The maximum Gasteiger partial charge on any atom is 0.159 e. The standard InChI is InChI=1S/C13H12OS/c1-9(14)11-4-3-5-12(8-11)13-6-7-15-10(13)2/h3-8H,1-2H3. The molecule has 0 radical (unpaired) electrons. The molecule has 0 fully saturated rings. The molecule has 1 aromatic carbocycles. The summed E-state index contributed by atoms with van der Waals surface area (Å²) in [7, 11) is 0. The smallest absolute Gasteiger partial charge is 0.159 e. The van der Waals surface area contributed by atoms with Gasteiger partial charge in [0.1, 0.15) is 0 Å². The van der Waals surface area contributed by atoms with Crippen LogP contribution in [0.2, 0.25) is 0 Å². The van der Waals surface area contributed by atoms with Gasteiger partial charge in [-0.05, 0) is 42.5 Å².